The normalized spacial score (nSPS) is 15.5. The average molecular weight is 434 g/mol. The first-order valence-electron chi connectivity index (χ1n) is 9.23. The molecule has 3 aromatic rings. The zero-order valence-electron chi connectivity index (χ0n) is 16.7. The number of thiazole rings is 1. The van der Waals surface area contributed by atoms with Crippen LogP contribution in [-0.4, -0.2) is 36.9 Å². The molecule has 1 unspecified atom stereocenters. The largest absolute Gasteiger partial charge is 0.497 e. The highest BCUT2D eigenvalue weighted by atomic mass is 35.5. The lowest BCUT2D eigenvalue weighted by Crippen LogP contribution is -2.43. The van der Waals surface area contributed by atoms with E-state index in [0.717, 1.165) is 28.7 Å². The number of likely N-dealkylation sites (N-methyl/N-ethyl adjacent to an activating group) is 1. The maximum Gasteiger partial charge on any atom is 0.366 e. The van der Waals surface area contributed by atoms with Crippen LogP contribution in [0.5, 0.6) is 11.6 Å². The molecule has 1 aliphatic heterocycles. The molecule has 1 atom stereocenters. The van der Waals surface area contributed by atoms with Crippen LogP contribution in [0.3, 0.4) is 0 Å². The Bertz CT molecular complexity index is 1110. The number of methoxy groups -OCH3 is 2. The average Bonchev–Trinajstić information content (AvgIpc) is 3.34. The summed E-state index contributed by atoms with van der Waals surface area (Å²) >= 11 is 7.48. The van der Waals surface area contributed by atoms with E-state index in [0.29, 0.717) is 22.5 Å². The zero-order chi connectivity index (χ0) is 20.7. The van der Waals surface area contributed by atoms with E-state index in [1.54, 1.807) is 20.4 Å². The van der Waals surface area contributed by atoms with Crippen LogP contribution in [0.1, 0.15) is 17.8 Å². The van der Waals surface area contributed by atoms with Crippen LogP contribution < -0.4 is 24.5 Å². The van der Waals surface area contributed by atoms with Gasteiger partial charge in [0.15, 0.2) is 10.5 Å². The molecule has 0 bridgehead atoms. The predicted octanol–water partition coefficient (Wildman–Crippen LogP) is 2.90. The first kappa shape index (κ1) is 19.7. The van der Waals surface area contributed by atoms with Gasteiger partial charge in [-0.15, -0.1) is 11.3 Å². The summed E-state index contributed by atoms with van der Waals surface area (Å²) in [6, 6.07) is 7.26. The molecule has 1 aromatic carbocycles. The fourth-order valence-electron chi connectivity index (χ4n) is 3.89. The summed E-state index contributed by atoms with van der Waals surface area (Å²) < 4.78 is 15.2. The first-order valence-corrected chi connectivity index (χ1v) is 10.4. The van der Waals surface area contributed by atoms with E-state index in [4.69, 9.17) is 21.1 Å². The van der Waals surface area contributed by atoms with E-state index < -0.39 is 0 Å². The molecule has 3 heterocycles. The van der Waals surface area contributed by atoms with Crippen molar-refractivity contribution >= 4 is 28.9 Å². The van der Waals surface area contributed by atoms with Crippen molar-refractivity contribution in [2.75, 3.05) is 32.2 Å². The monoisotopic (exact) mass is 433 g/mol. The molecule has 1 aliphatic rings. The molecule has 0 saturated carbocycles. The number of hydrogen-bond donors (Lipinski definition) is 0. The molecule has 0 saturated heterocycles. The van der Waals surface area contributed by atoms with Gasteiger partial charge in [0.2, 0.25) is 0 Å². The predicted molar refractivity (Wildman–Crippen MR) is 114 cm³/mol. The molecular formula is C20H22ClN4O3S+. The van der Waals surface area contributed by atoms with Gasteiger partial charge in [-0.3, -0.25) is 4.90 Å². The Hall–Kier alpha value is -2.58. The van der Waals surface area contributed by atoms with Crippen molar-refractivity contribution in [2.24, 2.45) is 7.05 Å². The summed E-state index contributed by atoms with van der Waals surface area (Å²) in [5.74, 6) is 2.06. The smallest absolute Gasteiger partial charge is 0.366 e. The number of fused-ring (bicyclic) bond motifs is 1. The molecule has 0 aliphatic carbocycles. The number of halogens is 1. The standard InChI is InChI=1S/C20H22ClN4O3S/c1-5-24-11-14(15-10-22-19(21)29-15)25-17(26)16(18(28-4)23(2)20(24)25)12-6-8-13(27-3)9-7-12/h6-10,14H,5,11H2,1-4H3/q+1. The third-order valence-corrected chi connectivity index (χ3v) is 6.45. The Kier molecular flexibility index (Phi) is 5.23. The molecule has 2 aromatic heterocycles. The minimum Gasteiger partial charge on any atom is -0.497 e. The highest BCUT2D eigenvalue weighted by molar-refractivity contribution is 7.15. The van der Waals surface area contributed by atoms with Crippen LogP contribution in [0, 0.1) is 0 Å². The number of nitrogens with zero attached hydrogens (tertiary/aromatic N) is 4. The topological polar surface area (TPSA) is 60.5 Å². The molecule has 0 radical (unpaired) electrons. The summed E-state index contributed by atoms with van der Waals surface area (Å²) in [6.45, 7) is 3.51. The van der Waals surface area contributed by atoms with Crippen LogP contribution >= 0.6 is 22.9 Å². The van der Waals surface area contributed by atoms with E-state index in [1.165, 1.54) is 11.3 Å². The minimum atomic E-state index is -0.156. The van der Waals surface area contributed by atoms with Gasteiger partial charge >= 0.3 is 11.5 Å². The second-order valence-electron chi connectivity index (χ2n) is 6.72. The van der Waals surface area contributed by atoms with Gasteiger partial charge in [-0.05, 0) is 24.6 Å². The Morgan fingerprint density at radius 3 is 2.55 bits per heavy atom. The second kappa shape index (κ2) is 7.68. The van der Waals surface area contributed by atoms with Gasteiger partial charge in [0, 0.05) is 6.20 Å². The van der Waals surface area contributed by atoms with E-state index in [2.05, 4.69) is 16.8 Å². The number of benzene rings is 1. The maximum absolute atomic E-state index is 13.8. The van der Waals surface area contributed by atoms with E-state index in [-0.39, 0.29) is 11.6 Å². The summed E-state index contributed by atoms with van der Waals surface area (Å²) in [6.07, 6.45) is 1.75. The summed E-state index contributed by atoms with van der Waals surface area (Å²) in [5, 5.41) is 0. The van der Waals surface area contributed by atoms with E-state index in [9.17, 15) is 4.79 Å². The van der Waals surface area contributed by atoms with Crippen molar-refractivity contribution in [3.05, 3.63) is 50.2 Å². The second-order valence-corrected chi connectivity index (χ2v) is 8.36. The van der Waals surface area contributed by atoms with Crippen molar-refractivity contribution < 1.29 is 14.0 Å². The molecule has 0 spiro atoms. The molecule has 0 fully saturated rings. The van der Waals surface area contributed by atoms with Gasteiger partial charge in [-0.2, -0.15) is 4.57 Å². The van der Waals surface area contributed by atoms with Crippen molar-refractivity contribution in [3.63, 3.8) is 0 Å². The van der Waals surface area contributed by atoms with Crippen LogP contribution in [0.25, 0.3) is 11.1 Å². The Morgan fingerprint density at radius 2 is 2.00 bits per heavy atom. The number of ether oxygens (including phenoxy) is 2. The highest BCUT2D eigenvalue weighted by Gasteiger charge is 2.43. The Balaban J connectivity index is 1.99. The van der Waals surface area contributed by atoms with Crippen LogP contribution in [-0.2, 0) is 7.05 Å². The van der Waals surface area contributed by atoms with Gasteiger partial charge in [-0.1, -0.05) is 23.7 Å². The van der Waals surface area contributed by atoms with Gasteiger partial charge < -0.3 is 9.47 Å². The van der Waals surface area contributed by atoms with Crippen molar-refractivity contribution in [3.8, 4) is 22.8 Å². The number of anilines is 1. The van der Waals surface area contributed by atoms with Crippen LogP contribution in [0.15, 0.2) is 35.3 Å². The minimum absolute atomic E-state index is 0.106. The molecular weight excluding hydrogens is 412 g/mol. The quantitative estimate of drug-likeness (QED) is 0.579. The van der Waals surface area contributed by atoms with Crippen LogP contribution in [0.2, 0.25) is 4.47 Å². The summed E-state index contributed by atoms with van der Waals surface area (Å²) in [5.41, 5.74) is 1.18. The van der Waals surface area contributed by atoms with Crippen molar-refractivity contribution in [1.29, 1.82) is 0 Å². The molecule has 7 nitrogen and oxygen atoms in total. The highest BCUT2D eigenvalue weighted by Crippen LogP contribution is 2.36. The van der Waals surface area contributed by atoms with Gasteiger partial charge in [-0.25, -0.2) is 14.3 Å². The van der Waals surface area contributed by atoms with Gasteiger partial charge in [0.05, 0.1) is 32.7 Å². The lowest BCUT2D eigenvalue weighted by atomic mass is 10.1. The molecule has 0 N–H and O–H groups in total. The summed E-state index contributed by atoms with van der Waals surface area (Å²) in [4.78, 5) is 21.1. The van der Waals surface area contributed by atoms with Crippen molar-refractivity contribution in [2.45, 2.75) is 13.0 Å². The molecule has 4 rings (SSSR count). The number of aromatic nitrogens is 3. The SMILES string of the molecule is CCN1CC(c2cnc(Cl)s2)n2c1[n+](C)c(OC)c(-c1ccc(OC)cc1)c2=O. The fourth-order valence-corrected chi connectivity index (χ4v) is 4.93. The number of hydrogen-bond acceptors (Lipinski definition) is 6. The molecule has 152 valence electrons. The third-order valence-electron chi connectivity index (χ3n) is 5.23. The molecule has 9 heteroatoms. The Morgan fingerprint density at radius 1 is 1.28 bits per heavy atom. The van der Waals surface area contributed by atoms with Gasteiger partial charge in [0.1, 0.15) is 17.9 Å². The lowest BCUT2D eigenvalue weighted by molar-refractivity contribution is -0.667. The first-order chi connectivity index (χ1) is 14.0. The van der Waals surface area contributed by atoms with E-state index in [1.807, 2.05) is 40.4 Å². The lowest BCUT2D eigenvalue weighted by Gasteiger charge is -2.16. The zero-order valence-corrected chi connectivity index (χ0v) is 18.3. The summed E-state index contributed by atoms with van der Waals surface area (Å²) in [7, 11) is 5.12. The van der Waals surface area contributed by atoms with E-state index >= 15 is 0 Å². The van der Waals surface area contributed by atoms with Crippen LogP contribution in [0.4, 0.5) is 5.95 Å². The fraction of sp³-hybridized carbons (Fsp3) is 0.350. The maximum atomic E-state index is 13.8. The Labute approximate surface area is 177 Å². The van der Waals surface area contributed by atoms with Gasteiger partial charge in [0.25, 0.3) is 5.88 Å². The van der Waals surface area contributed by atoms with Crippen molar-refractivity contribution in [1.82, 2.24) is 9.55 Å². The molecule has 29 heavy (non-hydrogen) atoms. The number of rotatable bonds is 5. The third kappa shape index (κ3) is 3.16. The molecule has 0 amide bonds.